The quantitative estimate of drug-likeness (QED) is 0.749. The van der Waals surface area contributed by atoms with Crippen LogP contribution < -0.4 is 5.32 Å². The van der Waals surface area contributed by atoms with Crippen LogP contribution in [0.5, 0.6) is 5.75 Å². The first-order valence-corrected chi connectivity index (χ1v) is 6.05. The lowest BCUT2D eigenvalue weighted by molar-refractivity contribution is 0.0715. The molecule has 5 heteroatoms. The number of aliphatic hydroxyl groups is 1. The van der Waals surface area contributed by atoms with E-state index in [1.165, 1.54) is 6.07 Å². The van der Waals surface area contributed by atoms with Crippen LogP contribution in [-0.4, -0.2) is 28.3 Å². The van der Waals surface area contributed by atoms with Gasteiger partial charge in [0.15, 0.2) is 0 Å². The Hall–Kier alpha value is -1.62. The number of nitrogens with one attached hydrogen (secondary N) is 1. The fraction of sp³-hybridized carbons (Fsp3) is 0.462. The molecule has 0 saturated heterocycles. The van der Waals surface area contributed by atoms with Gasteiger partial charge in [0.1, 0.15) is 11.6 Å². The van der Waals surface area contributed by atoms with Gasteiger partial charge in [-0.3, -0.25) is 4.79 Å². The highest BCUT2D eigenvalue weighted by molar-refractivity contribution is 5.97. The molecule has 0 heterocycles. The van der Waals surface area contributed by atoms with E-state index in [-0.39, 0.29) is 11.6 Å². The van der Waals surface area contributed by atoms with E-state index in [4.69, 9.17) is 0 Å². The van der Waals surface area contributed by atoms with Gasteiger partial charge in [0.2, 0.25) is 0 Å². The van der Waals surface area contributed by atoms with Crippen LogP contribution in [-0.2, 0) is 0 Å². The van der Waals surface area contributed by atoms with Crippen LogP contribution in [0.15, 0.2) is 18.2 Å². The smallest absolute Gasteiger partial charge is 0.255 e. The van der Waals surface area contributed by atoms with Crippen molar-refractivity contribution in [3.05, 3.63) is 29.6 Å². The molecule has 0 bridgehead atoms. The standard InChI is InChI=1S/C13H16FNO3/c14-8-5-6-9(12(17)7-8)13(18)15-10-3-1-2-4-11(10)16/h5-7,10-11,16-17H,1-4H2,(H,15,18)/t10-,11-/m1/s1. The maximum absolute atomic E-state index is 12.8. The highest BCUT2D eigenvalue weighted by atomic mass is 19.1. The maximum atomic E-state index is 12.8. The number of halogens is 1. The molecule has 3 N–H and O–H groups in total. The molecule has 1 aromatic rings. The number of carbonyl (C=O) groups is 1. The Labute approximate surface area is 104 Å². The van der Waals surface area contributed by atoms with Gasteiger partial charge in [-0.2, -0.15) is 0 Å². The third kappa shape index (κ3) is 2.79. The van der Waals surface area contributed by atoms with Crippen LogP contribution in [0.3, 0.4) is 0 Å². The predicted octanol–water partition coefficient (Wildman–Crippen LogP) is 1.56. The summed E-state index contributed by atoms with van der Waals surface area (Å²) in [6.45, 7) is 0. The first kappa shape index (κ1) is 12.8. The summed E-state index contributed by atoms with van der Waals surface area (Å²) < 4.78 is 12.8. The summed E-state index contributed by atoms with van der Waals surface area (Å²) in [6, 6.07) is 2.95. The fourth-order valence-electron chi connectivity index (χ4n) is 2.22. The van der Waals surface area contributed by atoms with Crippen molar-refractivity contribution < 1.29 is 19.4 Å². The Morgan fingerprint density at radius 3 is 2.72 bits per heavy atom. The number of phenolic OH excluding ortho intramolecular Hbond substituents is 1. The van der Waals surface area contributed by atoms with Crippen molar-refractivity contribution in [1.82, 2.24) is 5.32 Å². The van der Waals surface area contributed by atoms with E-state index >= 15 is 0 Å². The van der Waals surface area contributed by atoms with E-state index in [0.29, 0.717) is 6.42 Å². The molecule has 0 unspecified atom stereocenters. The van der Waals surface area contributed by atoms with Crippen LogP contribution in [0, 0.1) is 5.82 Å². The van der Waals surface area contributed by atoms with Gasteiger partial charge in [-0.1, -0.05) is 12.8 Å². The van der Waals surface area contributed by atoms with Crippen molar-refractivity contribution in [2.45, 2.75) is 37.8 Å². The third-order valence-corrected chi connectivity index (χ3v) is 3.25. The van der Waals surface area contributed by atoms with Gasteiger partial charge in [-0.15, -0.1) is 0 Å². The number of rotatable bonds is 2. The van der Waals surface area contributed by atoms with Crippen LogP contribution >= 0.6 is 0 Å². The molecular formula is C13H16FNO3. The monoisotopic (exact) mass is 253 g/mol. The molecule has 1 amide bonds. The summed E-state index contributed by atoms with van der Waals surface area (Å²) in [5.74, 6) is -1.47. The minimum Gasteiger partial charge on any atom is -0.507 e. The molecule has 1 fully saturated rings. The third-order valence-electron chi connectivity index (χ3n) is 3.25. The molecule has 4 nitrogen and oxygen atoms in total. The molecule has 2 atom stereocenters. The van der Waals surface area contributed by atoms with Crippen LogP contribution in [0.2, 0.25) is 0 Å². The molecule has 0 aromatic heterocycles. The van der Waals surface area contributed by atoms with Gasteiger partial charge in [0.05, 0.1) is 17.7 Å². The zero-order valence-corrected chi connectivity index (χ0v) is 9.90. The Morgan fingerprint density at radius 2 is 2.06 bits per heavy atom. The van der Waals surface area contributed by atoms with Crippen molar-refractivity contribution >= 4 is 5.91 Å². The highest BCUT2D eigenvalue weighted by Gasteiger charge is 2.25. The number of amides is 1. The molecule has 1 aromatic carbocycles. The van der Waals surface area contributed by atoms with Gasteiger partial charge in [0.25, 0.3) is 5.91 Å². The topological polar surface area (TPSA) is 69.6 Å². The molecule has 0 radical (unpaired) electrons. The maximum Gasteiger partial charge on any atom is 0.255 e. The van der Waals surface area contributed by atoms with Gasteiger partial charge in [-0.25, -0.2) is 4.39 Å². The van der Waals surface area contributed by atoms with Crippen molar-refractivity contribution in [2.24, 2.45) is 0 Å². The van der Waals surface area contributed by atoms with Crippen molar-refractivity contribution in [3.8, 4) is 5.75 Å². The molecule has 2 rings (SSSR count). The molecule has 1 aliphatic rings. The second kappa shape index (κ2) is 5.35. The summed E-state index contributed by atoms with van der Waals surface area (Å²) in [7, 11) is 0. The minimum atomic E-state index is -0.596. The summed E-state index contributed by atoms with van der Waals surface area (Å²) in [6.07, 6.45) is 2.74. The van der Waals surface area contributed by atoms with Crippen molar-refractivity contribution in [3.63, 3.8) is 0 Å². The Morgan fingerprint density at radius 1 is 1.33 bits per heavy atom. The molecule has 98 valence electrons. The molecule has 18 heavy (non-hydrogen) atoms. The molecule has 1 saturated carbocycles. The number of hydrogen-bond donors (Lipinski definition) is 3. The number of phenols is 1. The van der Waals surface area contributed by atoms with Gasteiger partial charge < -0.3 is 15.5 Å². The summed E-state index contributed by atoms with van der Waals surface area (Å²) >= 11 is 0. The van der Waals surface area contributed by atoms with Gasteiger partial charge in [0, 0.05) is 6.07 Å². The van der Waals surface area contributed by atoms with E-state index in [0.717, 1.165) is 31.4 Å². The van der Waals surface area contributed by atoms with Crippen molar-refractivity contribution in [2.75, 3.05) is 0 Å². The van der Waals surface area contributed by atoms with Gasteiger partial charge >= 0.3 is 0 Å². The largest absolute Gasteiger partial charge is 0.507 e. The van der Waals surface area contributed by atoms with Crippen LogP contribution in [0.1, 0.15) is 36.0 Å². The molecule has 1 aliphatic carbocycles. The predicted molar refractivity (Wildman–Crippen MR) is 63.8 cm³/mol. The van der Waals surface area contributed by atoms with E-state index < -0.39 is 23.6 Å². The van der Waals surface area contributed by atoms with E-state index in [2.05, 4.69) is 5.32 Å². The number of benzene rings is 1. The SMILES string of the molecule is O=C(N[C@@H]1CCCC[C@H]1O)c1ccc(F)cc1O. The zero-order valence-electron chi connectivity index (χ0n) is 9.90. The first-order chi connectivity index (χ1) is 8.58. The Bertz CT molecular complexity index is 450. The molecule has 0 aliphatic heterocycles. The van der Waals surface area contributed by atoms with Crippen LogP contribution in [0.25, 0.3) is 0 Å². The second-order valence-corrected chi connectivity index (χ2v) is 4.59. The van der Waals surface area contributed by atoms with E-state index in [1.807, 2.05) is 0 Å². The molecular weight excluding hydrogens is 237 g/mol. The first-order valence-electron chi connectivity index (χ1n) is 6.05. The zero-order chi connectivity index (χ0) is 13.1. The number of hydrogen-bond acceptors (Lipinski definition) is 3. The lowest BCUT2D eigenvalue weighted by Crippen LogP contribution is -2.45. The normalized spacial score (nSPS) is 23.7. The summed E-state index contributed by atoms with van der Waals surface area (Å²) in [5, 5.41) is 21.9. The second-order valence-electron chi connectivity index (χ2n) is 4.59. The fourth-order valence-corrected chi connectivity index (χ4v) is 2.22. The van der Waals surface area contributed by atoms with E-state index in [9.17, 15) is 19.4 Å². The Kier molecular flexibility index (Phi) is 3.81. The average molecular weight is 253 g/mol. The summed E-state index contributed by atoms with van der Waals surface area (Å²) in [5.41, 5.74) is 0.0224. The average Bonchev–Trinajstić information content (AvgIpc) is 2.32. The number of aliphatic hydroxyl groups excluding tert-OH is 1. The lowest BCUT2D eigenvalue weighted by Gasteiger charge is -2.28. The number of carbonyl (C=O) groups excluding carboxylic acids is 1. The Balaban J connectivity index is 2.07. The van der Waals surface area contributed by atoms with E-state index in [1.54, 1.807) is 0 Å². The molecule has 0 spiro atoms. The minimum absolute atomic E-state index is 0.0224. The summed E-state index contributed by atoms with van der Waals surface area (Å²) in [4.78, 5) is 11.9. The number of aromatic hydroxyl groups is 1. The van der Waals surface area contributed by atoms with Crippen LogP contribution in [0.4, 0.5) is 4.39 Å². The van der Waals surface area contributed by atoms with Crippen molar-refractivity contribution in [1.29, 1.82) is 0 Å². The lowest BCUT2D eigenvalue weighted by atomic mass is 9.92. The van der Waals surface area contributed by atoms with Gasteiger partial charge in [-0.05, 0) is 25.0 Å². The highest BCUT2D eigenvalue weighted by Crippen LogP contribution is 2.21.